The van der Waals surface area contributed by atoms with Gasteiger partial charge in [-0.3, -0.25) is 4.78 Å². The lowest BCUT2D eigenvalue weighted by Crippen LogP contribution is -2.06. The number of rotatable bonds is 4. The molecule has 0 spiro atoms. The molecule has 1 atom stereocenters. The molecule has 2 N–H and O–H groups in total. The Bertz CT molecular complexity index is 998. The Balaban J connectivity index is 2.00. The molecule has 26 heavy (non-hydrogen) atoms. The van der Waals surface area contributed by atoms with Crippen molar-refractivity contribution in [2.75, 3.05) is 0 Å². The predicted octanol–water partition coefficient (Wildman–Crippen LogP) is 3.97. The molecule has 0 radical (unpaired) electrons. The van der Waals surface area contributed by atoms with Crippen molar-refractivity contribution in [2.45, 2.75) is 30.9 Å². The second-order valence-electron chi connectivity index (χ2n) is 6.12. The fraction of sp³-hybridized carbons (Fsp3) is 0.211. The van der Waals surface area contributed by atoms with Crippen LogP contribution in [-0.4, -0.2) is 25.1 Å². The summed E-state index contributed by atoms with van der Waals surface area (Å²) in [4.78, 5) is 5.23. The van der Waals surface area contributed by atoms with Gasteiger partial charge in [-0.05, 0) is 36.8 Å². The maximum atomic E-state index is 10.7. The van der Waals surface area contributed by atoms with Crippen LogP contribution < -0.4 is 0 Å². The van der Waals surface area contributed by atoms with Gasteiger partial charge in [0.05, 0.1) is 22.9 Å². The minimum absolute atomic E-state index is 0.00110. The van der Waals surface area contributed by atoms with E-state index in [2.05, 4.69) is 16.2 Å². The molecule has 0 unspecified atom stereocenters. The van der Waals surface area contributed by atoms with Crippen LogP contribution in [0.1, 0.15) is 25.1 Å². The molecule has 0 aliphatic carbocycles. The first-order valence-corrected chi connectivity index (χ1v) is 9.41. The Hall–Kier alpha value is -2.98. The summed E-state index contributed by atoms with van der Waals surface area (Å²) >= 11 is 0. The lowest BCUT2D eigenvalue weighted by atomic mass is 10.0. The first kappa shape index (κ1) is 17.8. The van der Waals surface area contributed by atoms with Gasteiger partial charge in [-0.2, -0.15) is 15.0 Å². The van der Waals surface area contributed by atoms with Crippen LogP contribution in [0, 0.1) is 23.0 Å². The topological polar surface area (TPSA) is 98.6 Å². The molecule has 0 aliphatic rings. The third-order valence-electron chi connectivity index (χ3n) is 4.00. The van der Waals surface area contributed by atoms with Crippen molar-refractivity contribution in [3.8, 4) is 28.9 Å². The molecule has 0 amide bonds. The smallest absolute Gasteiger partial charge is 0.223 e. The molecule has 1 aromatic carbocycles. The molecule has 3 aromatic rings. The minimum Gasteiger partial charge on any atom is -0.493 e. The number of pyridine rings is 1. The van der Waals surface area contributed by atoms with Crippen molar-refractivity contribution in [1.82, 2.24) is 14.8 Å². The molecule has 0 saturated carbocycles. The van der Waals surface area contributed by atoms with Crippen LogP contribution in [0.2, 0.25) is 0 Å². The quantitative estimate of drug-likeness (QED) is 0.731. The lowest BCUT2D eigenvalue weighted by Gasteiger charge is -2.09. The van der Waals surface area contributed by atoms with Crippen LogP contribution in [-0.2, 0) is 10.7 Å². The maximum Gasteiger partial charge on any atom is 0.223 e. The minimum atomic E-state index is -0.618. The summed E-state index contributed by atoms with van der Waals surface area (Å²) in [5.41, 5.74) is 2.63. The fourth-order valence-electron chi connectivity index (χ4n) is 2.62. The van der Waals surface area contributed by atoms with E-state index in [4.69, 9.17) is 10.0 Å². The molecule has 6 nitrogen and oxygen atoms in total. The number of benzene rings is 1. The predicted molar refractivity (Wildman–Crippen MR) is 101 cm³/mol. The zero-order chi connectivity index (χ0) is 18.8. The molecule has 0 bridgehead atoms. The summed E-state index contributed by atoms with van der Waals surface area (Å²) in [6, 6.07) is 12.7. The molecule has 3 rings (SSSR count). The van der Waals surface area contributed by atoms with E-state index in [1.165, 1.54) is 4.68 Å². The normalized spacial score (nSPS) is 12.1. The van der Waals surface area contributed by atoms with Gasteiger partial charge in [-0.15, -0.1) is 0 Å². The van der Waals surface area contributed by atoms with Gasteiger partial charge in [0.2, 0.25) is 5.88 Å². The number of aromatic hydroxyl groups is 1. The first-order chi connectivity index (χ1) is 12.4. The zero-order valence-corrected chi connectivity index (χ0v) is 15.6. The Morgan fingerprint density at radius 2 is 1.88 bits per heavy atom. The summed E-state index contributed by atoms with van der Waals surface area (Å²) in [6.07, 6.45) is 1.67. The first-order valence-electron chi connectivity index (χ1n) is 8.12. The van der Waals surface area contributed by atoms with Crippen LogP contribution in [0.15, 0.2) is 47.5 Å². The summed E-state index contributed by atoms with van der Waals surface area (Å²) in [6.45, 7) is 5.84. The molecule has 132 valence electrons. The van der Waals surface area contributed by atoms with E-state index < -0.39 is 10.7 Å². The van der Waals surface area contributed by atoms with Crippen LogP contribution >= 0.6 is 0 Å². The van der Waals surface area contributed by atoms with Gasteiger partial charge in [0.25, 0.3) is 0 Å². The van der Waals surface area contributed by atoms with Gasteiger partial charge in [0, 0.05) is 16.3 Å². The molecule has 2 aromatic heterocycles. The molecular weight excluding hydrogens is 346 g/mol. The molecule has 0 fully saturated rings. The standard InChI is InChI=1S/C19H19N5OS/c1-12(2)26(21)16-8-9-17(22-11-16)24-19(25)18(13(3)23-24)15-6-4-14(10-20)5-7-15/h4-9,11-12,21,25H,1-3H3/t26-/m0/s1. The van der Waals surface area contributed by atoms with E-state index in [0.29, 0.717) is 22.6 Å². The van der Waals surface area contributed by atoms with Crippen LogP contribution in [0.4, 0.5) is 0 Å². The van der Waals surface area contributed by atoms with Crippen molar-refractivity contribution in [3.63, 3.8) is 0 Å². The number of hydrogen-bond donors (Lipinski definition) is 2. The molecule has 0 aliphatic heterocycles. The van der Waals surface area contributed by atoms with Gasteiger partial charge >= 0.3 is 0 Å². The number of hydrogen-bond acceptors (Lipinski definition) is 5. The van der Waals surface area contributed by atoms with E-state index in [1.54, 1.807) is 36.5 Å². The Morgan fingerprint density at radius 3 is 2.42 bits per heavy atom. The van der Waals surface area contributed by atoms with E-state index in [0.717, 1.165) is 10.5 Å². The molecule has 2 heterocycles. The van der Waals surface area contributed by atoms with E-state index >= 15 is 0 Å². The number of nitrogens with one attached hydrogen (secondary N) is 1. The Morgan fingerprint density at radius 1 is 1.19 bits per heavy atom. The maximum absolute atomic E-state index is 10.7. The van der Waals surface area contributed by atoms with Crippen molar-refractivity contribution < 1.29 is 5.11 Å². The van der Waals surface area contributed by atoms with Crippen molar-refractivity contribution >= 4 is 10.7 Å². The SMILES string of the molecule is Cc1nn(-c2ccc([S@@](=N)C(C)C)cn2)c(O)c1-c1ccc(C#N)cc1. The molecule has 7 heteroatoms. The van der Waals surface area contributed by atoms with E-state index in [9.17, 15) is 5.11 Å². The van der Waals surface area contributed by atoms with E-state index in [1.807, 2.05) is 26.8 Å². The van der Waals surface area contributed by atoms with Crippen LogP contribution in [0.5, 0.6) is 5.88 Å². The second-order valence-corrected chi connectivity index (χ2v) is 8.21. The number of nitriles is 1. The fourth-order valence-corrected chi connectivity index (χ4v) is 3.55. The number of aryl methyl sites for hydroxylation is 1. The van der Waals surface area contributed by atoms with Crippen LogP contribution in [0.25, 0.3) is 16.9 Å². The second kappa shape index (κ2) is 7.10. The van der Waals surface area contributed by atoms with Gasteiger partial charge < -0.3 is 5.11 Å². The lowest BCUT2D eigenvalue weighted by molar-refractivity contribution is 0.433. The summed E-state index contributed by atoms with van der Waals surface area (Å²) in [5, 5.41) is 24.2. The number of aromatic nitrogens is 3. The highest BCUT2D eigenvalue weighted by molar-refractivity contribution is 7.86. The summed E-state index contributed by atoms with van der Waals surface area (Å²) in [5.74, 6) is 0.496. The number of nitrogens with zero attached hydrogens (tertiary/aromatic N) is 4. The monoisotopic (exact) mass is 365 g/mol. The zero-order valence-electron chi connectivity index (χ0n) is 14.8. The Labute approximate surface area is 154 Å². The summed E-state index contributed by atoms with van der Waals surface area (Å²) in [7, 11) is -0.618. The highest BCUT2D eigenvalue weighted by Gasteiger charge is 2.18. The average Bonchev–Trinajstić information content (AvgIpc) is 2.95. The van der Waals surface area contributed by atoms with Crippen molar-refractivity contribution in [1.29, 1.82) is 10.0 Å². The summed E-state index contributed by atoms with van der Waals surface area (Å²) < 4.78 is 9.55. The third kappa shape index (κ3) is 3.24. The van der Waals surface area contributed by atoms with Crippen molar-refractivity contribution in [2.24, 2.45) is 0 Å². The van der Waals surface area contributed by atoms with Gasteiger partial charge in [-0.1, -0.05) is 36.7 Å². The molecular formula is C19H19N5OS. The Kier molecular flexibility index (Phi) is 4.87. The van der Waals surface area contributed by atoms with Gasteiger partial charge in [0.1, 0.15) is 0 Å². The van der Waals surface area contributed by atoms with Gasteiger partial charge in [0.15, 0.2) is 5.82 Å². The third-order valence-corrected chi connectivity index (χ3v) is 5.69. The van der Waals surface area contributed by atoms with Crippen molar-refractivity contribution in [3.05, 3.63) is 53.9 Å². The average molecular weight is 365 g/mol. The highest BCUT2D eigenvalue weighted by atomic mass is 32.2. The molecule has 0 saturated heterocycles. The van der Waals surface area contributed by atoms with Crippen LogP contribution in [0.3, 0.4) is 0 Å². The van der Waals surface area contributed by atoms with Gasteiger partial charge in [-0.25, -0.2) is 4.98 Å². The van der Waals surface area contributed by atoms with E-state index in [-0.39, 0.29) is 11.1 Å². The highest BCUT2D eigenvalue weighted by Crippen LogP contribution is 2.34. The largest absolute Gasteiger partial charge is 0.493 e.